The van der Waals surface area contributed by atoms with E-state index in [0.717, 1.165) is 23.4 Å². The van der Waals surface area contributed by atoms with E-state index in [1.807, 2.05) is 31.9 Å². The number of halogens is 3. The maximum atomic E-state index is 12.5. The molecule has 2 nitrogen and oxygen atoms in total. The molecule has 1 aromatic rings. The zero-order chi connectivity index (χ0) is 18.3. The number of likely N-dealkylation sites (N-methyl/N-ethyl adjacent to an activating group) is 1. The minimum Gasteiger partial charge on any atom is -0.376 e. The molecular weight excluding hydrogens is 315 g/mol. The predicted octanol–water partition coefficient (Wildman–Crippen LogP) is 5.50. The maximum Gasteiger partial charge on any atom is 0.393 e. The van der Waals surface area contributed by atoms with Gasteiger partial charge in [0.1, 0.15) is 0 Å². The second-order valence-corrected chi connectivity index (χ2v) is 5.82. The van der Waals surface area contributed by atoms with Gasteiger partial charge in [0.2, 0.25) is 0 Å². The minimum absolute atomic E-state index is 0.134. The van der Waals surface area contributed by atoms with E-state index in [1.165, 1.54) is 12.1 Å². The Balaban J connectivity index is 3.06. The number of methoxy groups -OCH3 is 1. The summed E-state index contributed by atoms with van der Waals surface area (Å²) in [4.78, 5) is 1.94. The summed E-state index contributed by atoms with van der Waals surface area (Å²) in [6.07, 6.45) is -0.140. The Morgan fingerprint density at radius 3 is 2.29 bits per heavy atom. The molecule has 1 atom stereocenters. The van der Waals surface area contributed by atoms with Crippen LogP contribution < -0.4 is 4.90 Å². The first-order valence-electron chi connectivity index (χ1n) is 7.98. The van der Waals surface area contributed by atoms with E-state index < -0.39 is 12.6 Å². The van der Waals surface area contributed by atoms with Crippen molar-refractivity contribution in [2.45, 2.75) is 45.9 Å². The lowest BCUT2D eigenvalue weighted by Crippen LogP contribution is -2.26. The van der Waals surface area contributed by atoms with E-state index in [4.69, 9.17) is 4.74 Å². The Labute approximate surface area is 142 Å². The summed E-state index contributed by atoms with van der Waals surface area (Å²) in [6.45, 7) is 6.03. The second-order valence-electron chi connectivity index (χ2n) is 5.82. The Morgan fingerprint density at radius 1 is 1.25 bits per heavy atom. The van der Waals surface area contributed by atoms with Gasteiger partial charge < -0.3 is 9.64 Å². The van der Waals surface area contributed by atoms with Crippen molar-refractivity contribution in [2.24, 2.45) is 0 Å². The van der Waals surface area contributed by atoms with Crippen molar-refractivity contribution >= 4 is 5.69 Å². The third-order valence-corrected chi connectivity index (χ3v) is 3.79. The molecule has 1 rings (SSSR count). The Bertz CT molecular complexity index is 573. The van der Waals surface area contributed by atoms with Crippen molar-refractivity contribution in [3.8, 4) is 0 Å². The van der Waals surface area contributed by atoms with Crippen molar-refractivity contribution in [3.05, 3.63) is 53.3 Å². The third kappa shape index (κ3) is 6.40. The highest BCUT2D eigenvalue weighted by Gasteiger charge is 2.27. The fourth-order valence-corrected chi connectivity index (χ4v) is 2.44. The van der Waals surface area contributed by atoms with Gasteiger partial charge in [-0.05, 0) is 44.0 Å². The molecule has 1 aromatic carbocycles. The first kappa shape index (κ1) is 20.3. The standard InChI is InChI=1S/C19H26F3NO/c1-6-7-14(2)12-18(15(3)24-5)23(4)17-10-8-16(9-11-17)13-19(20,21)22/h7-12,15H,6,13H2,1-5H3/b14-7-,18-12-. The fourth-order valence-electron chi connectivity index (χ4n) is 2.44. The van der Waals surface area contributed by atoms with E-state index >= 15 is 0 Å². The molecule has 0 amide bonds. The lowest BCUT2D eigenvalue weighted by molar-refractivity contribution is -0.127. The van der Waals surface area contributed by atoms with Gasteiger partial charge in [0.25, 0.3) is 0 Å². The highest BCUT2D eigenvalue weighted by Crippen LogP contribution is 2.25. The summed E-state index contributed by atoms with van der Waals surface area (Å²) in [5.74, 6) is 0. The number of anilines is 1. The molecule has 0 bridgehead atoms. The van der Waals surface area contributed by atoms with E-state index in [0.29, 0.717) is 0 Å². The molecule has 1 unspecified atom stereocenters. The third-order valence-electron chi connectivity index (χ3n) is 3.79. The molecule has 0 fully saturated rings. The number of hydrogen-bond donors (Lipinski definition) is 0. The monoisotopic (exact) mass is 341 g/mol. The van der Waals surface area contributed by atoms with Gasteiger partial charge in [-0.25, -0.2) is 0 Å². The van der Waals surface area contributed by atoms with Crippen LogP contribution in [0.15, 0.2) is 47.7 Å². The summed E-state index contributed by atoms with van der Waals surface area (Å²) in [6, 6.07) is 6.44. The van der Waals surface area contributed by atoms with Crippen LogP contribution in [-0.4, -0.2) is 26.4 Å². The van der Waals surface area contributed by atoms with Crippen LogP contribution >= 0.6 is 0 Å². The zero-order valence-electron chi connectivity index (χ0n) is 14.9. The van der Waals surface area contributed by atoms with Crippen LogP contribution in [0.4, 0.5) is 18.9 Å². The van der Waals surface area contributed by atoms with Crippen LogP contribution in [0.1, 0.15) is 32.8 Å². The van der Waals surface area contributed by atoms with Gasteiger partial charge >= 0.3 is 6.18 Å². The molecule has 5 heteroatoms. The minimum atomic E-state index is -4.19. The molecule has 0 aliphatic heterocycles. The largest absolute Gasteiger partial charge is 0.393 e. The van der Waals surface area contributed by atoms with E-state index in [-0.39, 0.29) is 11.7 Å². The van der Waals surface area contributed by atoms with Crippen LogP contribution in [0.25, 0.3) is 0 Å². The predicted molar refractivity (Wildman–Crippen MR) is 93.2 cm³/mol. The highest BCUT2D eigenvalue weighted by molar-refractivity contribution is 5.54. The fraction of sp³-hybridized carbons (Fsp3) is 0.474. The number of benzene rings is 1. The number of hydrogen-bond acceptors (Lipinski definition) is 2. The van der Waals surface area contributed by atoms with Crippen molar-refractivity contribution in [3.63, 3.8) is 0 Å². The van der Waals surface area contributed by atoms with Gasteiger partial charge in [-0.15, -0.1) is 0 Å². The highest BCUT2D eigenvalue weighted by atomic mass is 19.4. The molecule has 134 valence electrons. The van der Waals surface area contributed by atoms with Crippen molar-refractivity contribution in [2.75, 3.05) is 19.1 Å². The molecule has 0 heterocycles. The van der Waals surface area contributed by atoms with Crippen LogP contribution in [0.5, 0.6) is 0 Å². The molecule has 0 saturated carbocycles. The molecule has 0 aliphatic carbocycles. The van der Waals surface area contributed by atoms with Crippen LogP contribution in [0.2, 0.25) is 0 Å². The normalized spacial score (nSPS) is 14.7. The maximum absolute atomic E-state index is 12.5. The average Bonchev–Trinajstić information content (AvgIpc) is 2.50. The van der Waals surface area contributed by atoms with Gasteiger partial charge in [-0.2, -0.15) is 13.2 Å². The summed E-state index contributed by atoms with van der Waals surface area (Å²) < 4.78 is 42.8. The number of allylic oxidation sites excluding steroid dienone is 3. The van der Waals surface area contributed by atoms with E-state index in [2.05, 4.69) is 13.0 Å². The molecule has 0 spiro atoms. The van der Waals surface area contributed by atoms with Crippen molar-refractivity contribution in [1.82, 2.24) is 0 Å². The molecule has 0 saturated heterocycles. The first-order valence-corrected chi connectivity index (χ1v) is 7.98. The smallest absolute Gasteiger partial charge is 0.376 e. The number of ether oxygens (including phenoxy) is 1. The van der Waals surface area contributed by atoms with Gasteiger partial charge in [-0.1, -0.05) is 30.7 Å². The number of rotatable bonds is 7. The van der Waals surface area contributed by atoms with Gasteiger partial charge in [0.15, 0.2) is 0 Å². The lowest BCUT2D eigenvalue weighted by Gasteiger charge is -2.27. The molecule has 0 N–H and O–H groups in total. The zero-order valence-corrected chi connectivity index (χ0v) is 14.9. The quantitative estimate of drug-likeness (QED) is 0.607. The average molecular weight is 341 g/mol. The number of alkyl halides is 3. The Morgan fingerprint density at radius 2 is 1.83 bits per heavy atom. The Kier molecular flexibility index (Phi) is 7.55. The summed E-state index contributed by atoms with van der Waals surface area (Å²) in [7, 11) is 3.52. The summed E-state index contributed by atoms with van der Waals surface area (Å²) >= 11 is 0. The van der Waals surface area contributed by atoms with Gasteiger partial charge in [-0.3, -0.25) is 0 Å². The second kappa shape index (κ2) is 8.92. The molecule has 24 heavy (non-hydrogen) atoms. The van der Waals surface area contributed by atoms with Crippen molar-refractivity contribution < 1.29 is 17.9 Å². The van der Waals surface area contributed by atoms with E-state index in [1.54, 1.807) is 19.2 Å². The van der Waals surface area contributed by atoms with Crippen LogP contribution in [0.3, 0.4) is 0 Å². The topological polar surface area (TPSA) is 12.5 Å². The lowest BCUT2D eigenvalue weighted by atomic mass is 10.1. The van der Waals surface area contributed by atoms with Crippen molar-refractivity contribution in [1.29, 1.82) is 0 Å². The molecular formula is C19H26F3NO. The SMILES string of the molecule is CC/C=C(C)\C=C(\C(C)OC)N(C)c1ccc(CC(F)(F)F)cc1. The van der Waals surface area contributed by atoms with E-state index in [9.17, 15) is 13.2 Å². The Hall–Kier alpha value is -1.75. The molecule has 0 aliphatic rings. The van der Waals surface area contributed by atoms with Crippen LogP contribution in [-0.2, 0) is 11.2 Å². The van der Waals surface area contributed by atoms with Crippen LogP contribution in [0, 0.1) is 0 Å². The molecule has 0 radical (unpaired) electrons. The van der Waals surface area contributed by atoms with Gasteiger partial charge in [0, 0.05) is 25.5 Å². The first-order chi connectivity index (χ1) is 11.2. The number of nitrogens with zero attached hydrogens (tertiary/aromatic N) is 1. The summed E-state index contributed by atoms with van der Waals surface area (Å²) in [5, 5.41) is 0. The summed E-state index contributed by atoms with van der Waals surface area (Å²) in [5.41, 5.74) is 3.15. The van der Waals surface area contributed by atoms with Gasteiger partial charge in [0.05, 0.1) is 12.5 Å². The molecule has 0 aromatic heterocycles.